The van der Waals surface area contributed by atoms with Crippen molar-refractivity contribution in [2.24, 2.45) is 0 Å². The van der Waals surface area contributed by atoms with Crippen molar-refractivity contribution < 1.29 is 13.2 Å². The monoisotopic (exact) mass is 263 g/mol. The van der Waals surface area contributed by atoms with E-state index in [1.165, 1.54) is 25.3 Å². The van der Waals surface area contributed by atoms with Crippen molar-refractivity contribution >= 4 is 15.8 Å². The Labute approximate surface area is 106 Å². The van der Waals surface area contributed by atoms with E-state index in [1.807, 2.05) is 0 Å². The van der Waals surface area contributed by atoms with Crippen molar-refractivity contribution in [3.05, 3.63) is 53.9 Å². The van der Waals surface area contributed by atoms with Gasteiger partial charge in [0.25, 0.3) is 10.0 Å². The van der Waals surface area contributed by atoms with E-state index in [-0.39, 0.29) is 10.7 Å². The maximum absolute atomic E-state index is 12.3. The molecule has 0 saturated carbocycles. The van der Waals surface area contributed by atoms with Crippen molar-refractivity contribution in [1.82, 2.24) is 3.97 Å². The molecule has 5 heteroatoms. The number of aryl methyl sites for hydroxylation is 1. The molecule has 1 aromatic heterocycles. The summed E-state index contributed by atoms with van der Waals surface area (Å²) in [6, 6.07) is 9.71. The van der Waals surface area contributed by atoms with Crippen molar-refractivity contribution in [2.75, 3.05) is 0 Å². The molecule has 94 valence electrons. The van der Waals surface area contributed by atoms with Crippen molar-refractivity contribution in [3.63, 3.8) is 0 Å². The third-order valence-corrected chi connectivity index (χ3v) is 4.45. The largest absolute Gasteiger partial charge is 0.294 e. The molecule has 0 aliphatic rings. The summed E-state index contributed by atoms with van der Waals surface area (Å²) in [4.78, 5) is 11.5. The van der Waals surface area contributed by atoms with Gasteiger partial charge in [0.2, 0.25) is 0 Å². The molecule has 0 spiro atoms. The normalized spacial score (nSPS) is 11.4. The summed E-state index contributed by atoms with van der Waals surface area (Å²) >= 11 is 0. The highest BCUT2D eigenvalue weighted by Crippen LogP contribution is 2.18. The third kappa shape index (κ3) is 2.09. The fourth-order valence-electron chi connectivity index (χ4n) is 1.71. The molecule has 1 aromatic carbocycles. The van der Waals surface area contributed by atoms with Crippen LogP contribution in [0.5, 0.6) is 0 Å². The van der Waals surface area contributed by atoms with E-state index >= 15 is 0 Å². The summed E-state index contributed by atoms with van der Waals surface area (Å²) in [5, 5.41) is 0. The molecule has 1 heterocycles. The van der Waals surface area contributed by atoms with E-state index in [4.69, 9.17) is 0 Å². The Balaban J connectivity index is 2.59. The molecule has 18 heavy (non-hydrogen) atoms. The average molecular weight is 263 g/mol. The van der Waals surface area contributed by atoms with E-state index in [9.17, 15) is 13.2 Å². The summed E-state index contributed by atoms with van der Waals surface area (Å²) < 4.78 is 25.8. The van der Waals surface area contributed by atoms with Crippen molar-refractivity contribution in [2.45, 2.75) is 18.7 Å². The molecule has 2 rings (SSSR count). The number of hydrogen-bond acceptors (Lipinski definition) is 3. The zero-order valence-electron chi connectivity index (χ0n) is 10.1. The van der Waals surface area contributed by atoms with Gasteiger partial charge < -0.3 is 0 Å². The molecule has 0 N–H and O–H groups in total. The number of rotatable bonds is 3. The van der Waals surface area contributed by atoms with Crippen LogP contribution in [0.2, 0.25) is 0 Å². The second-order valence-electron chi connectivity index (χ2n) is 4.04. The lowest BCUT2D eigenvalue weighted by molar-refractivity contribution is 0.101. The second kappa shape index (κ2) is 4.42. The second-order valence-corrected chi connectivity index (χ2v) is 5.86. The Hall–Kier alpha value is -1.88. The molecule has 0 bridgehead atoms. The molecular formula is C13H13NO3S. The fraction of sp³-hybridized carbons (Fsp3) is 0.154. The van der Waals surface area contributed by atoms with Gasteiger partial charge in [-0.15, -0.1) is 0 Å². The van der Waals surface area contributed by atoms with Crippen LogP contribution in [-0.4, -0.2) is 18.2 Å². The number of benzene rings is 1. The average Bonchev–Trinajstić information content (AvgIpc) is 2.73. The quantitative estimate of drug-likeness (QED) is 0.798. The Kier molecular flexibility index (Phi) is 3.09. The standard InChI is InChI=1S/C13H13NO3S/c1-10-8-12(11(2)15)9-14(10)18(16,17)13-6-4-3-5-7-13/h3-9H,1-2H3. The minimum atomic E-state index is -3.62. The Morgan fingerprint density at radius 2 is 1.78 bits per heavy atom. The lowest BCUT2D eigenvalue weighted by atomic mass is 10.2. The zero-order valence-corrected chi connectivity index (χ0v) is 10.9. The molecule has 0 aliphatic carbocycles. The topological polar surface area (TPSA) is 56.1 Å². The van der Waals surface area contributed by atoms with Crippen LogP contribution >= 0.6 is 0 Å². The van der Waals surface area contributed by atoms with E-state index in [2.05, 4.69) is 0 Å². The number of Topliss-reactive ketones (excluding diaryl/α,β-unsaturated/α-hetero) is 1. The number of ketones is 1. The Morgan fingerprint density at radius 1 is 1.17 bits per heavy atom. The van der Waals surface area contributed by atoms with Crippen LogP contribution in [0, 0.1) is 6.92 Å². The minimum absolute atomic E-state index is 0.153. The number of hydrogen-bond donors (Lipinski definition) is 0. The van der Waals surface area contributed by atoms with Crippen LogP contribution in [0.15, 0.2) is 47.5 Å². The molecule has 4 nitrogen and oxygen atoms in total. The fourth-order valence-corrected chi connectivity index (χ4v) is 3.12. The molecular weight excluding hydrogens is 250 g/mol. The molecule has 0 unspecified atom stereocenters. The lowest BCUT2D eigenvalue weighted by Crippen LogP contribution is -2.13. The Bertz CT molecular complexity index is 684. The molecule has 0 fully saturated rings. The van der Waals surface area contributed by atoms with E-state index in [0.717, 1.165) is 3.97 Å². The molecule has 0 amide bonds. The first-order valence-corrected chi connectivity index (χ1v) is 6.87. The number of carbonyl (C=O) groups is 1. The highest BCUT2D eigenvalue weighted by Gasteiger charge is 2.19. The maximum Gasteiger partial charge on any atom is 0.267 e. The van der Waals surface area contributed by atoms with E-state index in [0.29, 0.717) is 11.3 Å². The van der Waals surface area contributed by atoms with Crippen LogP contribution in [0.4, 0.5) is 0 Å². The van der Waals surface area contributed by atoms with Crippen LogP contribution < -0.4 is 0 Å². The van der Waals surface area contributed by atoms with Gasteiger partial charge in [-0.1, -0.05) is 18.2 Å². The highest BCUT2D eigenvalue weighted by atomic mass is 32.2. The van der Waals surface area contributed by atoms with Gasteiger partial charge in [0.05, 0.1) is 4.90 Å². The summed E-state index contributed by atoms with van der Waals surface area (Å²) in [6.07, 6.45) is 1.36. The van der Waals surface area contributed by atoms with Crippen LogP contribution in [0.25, 0.3) is 0 Å². The number of nitrogens with zero attached hydrogens (tertiary/aromatic N) is 1. The van der Waals surface area contributed by atoms with E-state index in [1.54, 1.807) is 31.2 Å². The summed E-state index contributed by atoms with van der Waals surface area (Å²) in [7, 11) is -3.62. The number of aromatic nitrogens is 1. The highest BCUT2D eigenvalue weighted by molar-refractivity contribution is 7.90. The van der Waals surface area contributed by atoms with Gasteiger partial charge >= 0.3 is 0 Å². The Morgan fingerprint density at radius 3 is 2.28 bits per heavy atom. The van der Waals surface area contributed by atoms with Gasteiger partial charge in [0.1, 0.15) is 0 Å². The van der Waals surface area contributed by atoms with Crippen molar-refractivity contribution in [3.8, 4) is 0 Å². The third-order valence-electron chi connectivity index (χ3n) is 2.67. The molecule has 0 aliphatic heterocycles. The van der Waals surface area contributed by atoms with Crippen LogP contribution in [0.3, 0.4) is 0 Å². The number of carbonyl (C=O) groups excluding carboxylic acids is 1. The first-order valence-electron chi connectivity index (χ1n) is 5.43. The van der Waals surface area contributed by atoms with Gasteiger partial charge in [0, 0.05) is 17.5 Å². The SMILES string of the molecule is CC(=O)c1cc(C)n(S(=O)(=O)c2ccccc2)c1. The molecule has 2 aromatic rings. The maximum atomic E-state index is 12.3. The lowest BCUT2D eigenvalue weighted by Gasteiger charge is -2.07. The molecule has 0 radical (unpaired) electrons. The van der Waals surface area contributed by atoms with E-state index < -0.39 is 10.0 Å². The molecule has 0 saturated heterocycles. The van der Waals surface area contributed by atoms with Gasteiger partial charge in [-0.3, -0.25) is 4.79 Å². The van der Waals surface area contributed by atoms with Gasteiger partial charge in [-0.2, -0.15) is 0 Å². The van der Waals surface area contributed by atoms with Gasteiger partial charge in [0.15, 0.2) is 5.78 Å². The predicted molar refractivity (Wildman–Crippen MR) is 68.2 cm³/mol. The predicted octanol–water partition coefficient (Wildman–Crippen LogP) is 2.24. The van der Waals surface area contributed by atoms with Gasteiger partial charge in [-0.05, 0) is 32.0 Å². The summed E-state index contributed by atoms with van der Waals surface area (Å²) in [5.41, 5.74) is 0.913. The van der Waals surface area contributed by atoms with Crippen LogP contribution in [-0.2, 0) is 10.0 Å². The zero-order chi connectivity index (χ0) is 13.3. The first-order chi connectivity index (χ1) is 8.43. The molecule has 0 atom stereocenters. The van der Waals surface area contributed by atoms with Crippen molar-refractivity contribution in [1.29, 1.82) is 0 Å². The first kappa shape index (κ1) is 12.6. The minimum Gasteiger partial charge on any atom is -0.294 e. The smallest absolute Gasteiger partial charge is 0.267 e. The summed E-state index contributed by atoms with van der Waals surface area (Å²) in [5.74, 6) is -0.153. The van der Waals surface area contributed by atoms with Gasteiger partial charge in [-0.25, -0.2) is 12.4 Å². The van der Waals surface area contributed by atoms with Crippen LogP contribution in [0.1, 0.15) is 23.0 Å². The summed E-state index contributed by atoms with van der Waals surface area (Å²) in [6.45, 7) is 3.07.